The van der Waals surface area contributed by atoms with Crippen LogP contribution in [0.5, 0.6) is 11.5 Å². The third-order valence-corrected chi connectivity index (χ3v) is 4.05. The molecule has 0 atom stereocenters. The summed E-state index contributed by atoms with van der Waals surface area (Å²) >= 11 is 6.18. The molecule has 2 aromatic carbocycles. The molecule has 0 saturated heterocycles. The van der Waals surface area contributed by atoms with Crippen LogP contribution in [-0.4, -0.2) is 13.2 Å². The van der Waals surface area contributed by atoms with Crippen LogP contribution >= 0.6 is 24.0 Å². The number of ether oxygens (including phenoxy) is 2. The zero-order valence-corrected chi connectivity index (χ0v) is 16.5. The van der Waals surface area contributed by atoms with Crippen LogP contribution in [-0.2, 0) is 13.2 Å². The fourth-order valence-electron chi connectivity index (χ4n) is 2.36. The van der Waals surface area contributed by atoms with E-state index in [4.69, 9.17) is 21.1 Å². The van der Waals surface area contributed by atoms with Crippen LogP contribution < -0.4 is 14.8 Å². The Balaban J connectivity index is 0.00000312. The first-order chi connectivity index (χ1) is 11.7. The maximum Gasteiger partial charge on any atom is 0.161 e. The molecule has 0 unspecified atom stereocenters. The van der Waals surface area contributed by atoms with Crippen molar-refractivity contribution in [3.8, 4) is 11.5 Å². The Morgan fingerprint density at radius 2 is 1.80 bits per heavy atom. The summed E-state index contributed by atoms with van der Waals surface area (Å²) in [4.78, 5) is 0. The molecule has 0 aliphatic carbocycles. The second kappa shape index (κ2) is 12.0. The van der Waals surface area contributed by atoms with Gasteiger partial charge in [-0.05, 0) is 43.7 Å². The van der Waals surface area contributed by atoms with Gasteiger partial charge in [0, 0.05) is 17.1 Å². The minimum atomic E-state index is 0. The maximum atomic E-state index is 6.18. The summed E-state index contributed by atoms with van der Waals surface area (Å²) in [6, 6.07) is 13.8. The van der Waals surface area contributed by atoms with Crippen LogP contribution in [0.25, 0.3) is 0 Å². The first-order valence-corrected chi connectivity index (χ1v) is 8.95. The Hall–Kier alpha value is -1.42. The standard InChI is InChI=1S/C20H26ClNO2.ClH/c1-3-5-12-22-14-16-10-11-19(20(13-16)23-4-2)24-15-17-8-6-7-9-18(17)21;/h6-11,13,22H,3-5,12,14-15H2,1-2H3;1H. The third kappa shape index (κ3) is 7.15. The fourth-order valence-corrected chi connectivity index (χ4v) is 2.55. The van der Waals surface area contributed by atoms with E-state index < -0.39 is 0 Å². The zero-order valence-electron chi connectivity index (χ0n) is 14.9. The van der Waals surface area contributed by atoms with E-state index in [1.54, 1.807) is 0 Å². The molecule has 0 heterocycles. The Labute approximate surface area is 162 Å². The molecule has 138 valence electrons. The minimum Gasteiger partial charge on any atom is -0.490 e. The molecule has 0 bridgehead atoms. The lowest BCUT2D eigenvalue weighted by Gasteiger charge is -2.14. The van der Waals surface area contributed by atoms with Crippen molar-refractivity contribution in [3.63, 3.8) is 0 Å². The second-order valence-electron chi connectivity index (χ2n) is 5.62. The lowest BCUT2D eigenvalue weighted by atomic mass is 10.2. The zero-order chi connectivity index (χ0) is 17.2. The summed E-state index contributed by atoms with van der Waals surface area (Å²) in [5.41, 5.74) is 2.16. The van der Waals surface area contributed by atoms with Crippen molar-refractivity contribution in [1.29, 1.82) is 0 Å². The second-order valence-corrected chi connectivity index (χ2v) is 6.03. The molecular weight excluding hydrogens is 357 g/mol. The van der Waals surface area contributed by atoms with Gasteiger partial charge in [0.15, 0.2) is 11.5 Å². The van der Waals surface area contributed by atoms with Gasteiger partial charge in [0.2, 0.25) is 0 Å². The van der Waals surface area contributed by atoms with Crippen LogP contribution in [0.3, 0.4) is 0 Å². The van der Waals surface area contributed by atoms with Crippen LogP contribution in [0, 0.1) is 0 Å². The van der Waals surface area contributed by atoms with E-state index >= 15 is 0 Å². The lowest BCUT2D eigenvalue weighted by Crippen LogP contribution is -2.14. The molecule has 0 fully saturated rings. The van der Waals surface area contributed by atoms with Crippen molar-refractivity contribution in [2.45, 2.75) is 39.8 Å². The summed E-state index contributed by atoms with van der Waals surface area (Å²) < 4.78 is 11.7. The van der Waals surface area contributed by atoms with Gasteiger partial charge in [0.25, 0.3) is 0 Å². The van der Waals surface area contributed by atoms with Crippen molar-refractivity contribution in [3.05, 3.63) is 58.6 Å². The predicted octanol–water partition coefficient (Wildman–Crippen LogP) is 5.63. The number of rotatable bonds is 10. The largest absolute Gasteiger partial charge is 0.490 e. The molecule has 2 aromatic rings. The molecule has 0 amide bonds. The Bertz CT molecular complexity index is 635. The van der Waals surface area contributed by atoms with Gasteiger partial charge in [0.05, 0.1) is 6.61 Å². The number of benzene rings is 2. The van der Waals surface area contributed by atoms with Crippen LogP contribution in [0.4, 0.5) is 0 Å². The van der Waals surface area contributed by atoms with Crippen molar-refractivity contribution in [2.75, 3.05) is 13.2 Å². The Kier molecular flexibility index (Phi) is 10.4. The topological polar surface area (TPSA) is 30.5 Å². The Morgan fingerprint density at radius 3 is 2.52 bits per heavy atom. The van der Waals surface area contributed by atoms with Crippen LogP contribution in [0.1, 0.15) is 37.8 Å². The lowest BCUT2D eigenvalue weighted by molar-refractivity contribution is 0.269. The first-order valence-electron chi connectivity index (χ1n) is 8.57. The highest BCUT2D eigenvalue weighted by Gasteiger charge is 2.08. The summed E-state index contributed by atoms with van der Waals surface area (Å²) in [7, 11) is 0. The van der Waals surface area contributed by atoms with E-state index in [0.717, 1.165) is 30.2 Å². The SMILES string of the molecule is CCCCNCc1ccc(OCc2ccccc2Cl)c(OCC)c1.Cl. The summed E-state index contributed by atoms with van der Waals surface area (Å²) in [6.45, 7) is 7.07. The quantitative estimate of drug-likeness (QED) is 0.539. The average Bonchev–Trinajstić information content (AvgIpc) is 2.59. The predicted molar refractivity (Wildman–Crippen MR) is 107 cm³/mol. The van der Waals surface area contributed by atoms with E-state index in [1.165, 1.54) is 18.4 Å². The van der Waals surface area contributed by atoms with Crippen LogP contribution in [0.2, 0.25) is 5.02 Å². The summed E-state index contributed by atoms with van der Waals surface area (Å²) in [5.74, 6) is 1.52. The van der Waals surface area contributed by atoms with Gasteiger partial charge < -0.3 is 14.8 Å². The molecule has 2 rings (SSSR count). The van der Waals surface area contributed by atoms with Gasteiger partial charge in [-0.2, -0.15) is 0 Å². The molecule has 0 spiro atoms. The Morgan fingerprint density at radius 1 is 1.00 bits per heavy atom. The monoisotopic (exact) mass is 383 g/mol. The van der Waals surface area contributed by atoms with Gasteiger partial charge in [-0.25, -0.2) is 0 Å². The number of nitrogens with one attached hydrogen (secondary N) is 1. The van der Waals surface area contributed by atoms with Crippen molar-refractivity contribution >= 4 is 24.0 Å². The van der Waals surface area contributed by atoms with Crippen molar-refractivity contribution < 1.29 is 9.47 Å². The molecule has 0 aromatic heterocycles. The van der Waals surface area contributed by atoms with E-state index in [0.29, 0.717) is 18.2 Å². The maximum absolute atomic E-state index is 6.18. The highest BCUT2D eigenvalue weighted by molar-refractivity contribution is 6.31. The van der Waals surface area contributed by atoms with E-state index in [-0.39, 0.29) is 12.4 Å². The van der Waals surface area contributed by atoms with E-state index in [9.17, 15) is 0 Å². The molecule has 0 aliphatic rings. The van der Waals surface area contributed by atoms with Gasteiger partial charge in [-0.3, -0.25) is 0 Å². The number of unbranched alkanes of at least 4 members (excludes halogenated alkanes) is 1. The van der Waals surface area contributed by atoms with Gasteiger partial charge in [-0.15, -0.1) is 12.4 Å². The van der Waals surface area contributed by atoms with Gasteiger partial charge in [-0.1, -0.05) is 49.2 Å². The molecule has 25 heavy (non-hydrogen) atoms. The van der Waals surface area contributed by atoms with E-state index in [2.05, 4.69) is 18.3 Å². The third-order valence-electron chi connectivity index (χ3n) is 3.69. The fraction of sp³-hybridized carbons (Fsp3) is 0.400. The molecular formula is C20H27Cl2NO2. The number of halogens is 2. The summed E-state index contributed by atoms with van der Waals surface area (Å²) in [6.07, 6.45) is 2.39. The molecule has 0 radical (unpaired) electrons. The minimum absolute atomic E-state index is 0. The average molecular weight is 384 g/mol. The summed E-state index contributed by atoms with van der Waals surface area (Å²) in [5, 5.41) is 4.16. The van der Waals surface area contributed by atoms with Gasteiger partial charge >= 0.3 is 0 Å². The first kappa shape index (κ1) is 21.6. The molecule has 1 N–H and O–H groups in total. The highest BCUT2D eigenvalue weighted by atomic mass is 35.5. The van der Waals surface area contributed by atoms with E-state index in [1.807, 2.05) is 43.3 Å². The molecule has 0 saturated carbocycles. The highest BCUT2D eigenvalue weighted by Crippen LogP contribution is 2.30. The normalized spacial score (nSPS) is 10.2. The molecule has 0 aliphatic heterocycles. The van der Waals surface area contributed by atoms with Crippen molar-refractivity contribution in [2.24, 2.45) is 0 Å². The smallest absolute Gasteiger partial charge is 0.161 e. The molecule has 5 heteroatoms. The molecule has 3 nitrogen and oxygen atoms in total. The number of hydrogen-bond donors (Lipinski definition) is 1. The van der Waals surface area contributed by atoms with Crippen LogP contribution in [0.15, 0.2) is 42.5 Å². The van der Waals surface area contributed by atoms with Gasteiger partial charge in [0.1, 0.15) is 6.61 Å². The number of hydrogen-bond acceptors (Lipinski definition) is 3. The van der Waals surface area contributed by atoms with Crippen molar-refractivity contribution in [1.82, 2.24) is 5.32 Å².